The van der Waals surface area contributed by atoms with Crippen molar-refractivity contribution in [3.63, 3.8) is 0 Å². The number of esters is 1. The van der Waals surface area contributed by atoms with Gasteiger partial charge in [-0.15, -0.1) is 0 Å². The van der Waals surface area contributed by atoms with Crippen molar-refractivity contribution >= 4 is 12.1 Å². The van der Waals surface area contributed by atoms with Gasteiger partial charge in [-0.25, -0.2) is 9.59 Å². The van der Waals surface area contributed by atoms with Crippen molar-refractivity contribution in [2.45, 2.75) is 46.3 Å². The zero-order valence-corrected chi connectivity index (χ0v) is 14.0. The number of nitrogens with one attached hydrogen (secondary N) is 1. The molecule has 2 unspecified atom stereocenters. The Bertz CT molecular complexity index is 541. The van der Waals surface area contributed by atoms with Crippen molar-refractivity contribution < 1.29 is 19.1 Å². The molecule has 1 aliphatic carbocycles. The van der Waals surface area contributed by atoms with E-state index in [-0.39, 0.29) is 12.0 Å². The summed E-state index contributed by atoms with van der Waals surface area (Å²) >= 11 is 0. The predicted molar refractivity (Wildman–Crippen MR) is 86.7 cm³/mol. The van der Waals surface area contributed by atoms with Crippen molar-refractivity contribution in [3.05, 3.63) is 35.9 Å². The molecule has 1 fully saturated rings. The molecule has 1 aromatic carbocycles. The Labute approximate surface area is 137 Å². The summed E-state index contributed by atoms with van der Waals surface area (Å²) in [6, 6.07) is 8.77. The van der Waals surface area contributed by atoms with Gasteiger partial charge >= 0.3 is 12.1 Å². The number of hydrogen-bond donors (Lipinski definition) is 1. The third-order valence-electron chi connectivity index (χ3n) is 4.31. The maximum absolute atomic E-state index is 12.0. The molecule has 126 valence electrons. The highest BCUT2D eigenvalue weighted by molar-refractivity contribution is 5.81. The standard InChI is InChI=1S/C18H25NO4/c1-4-22-16(20)15(10-14-11-18(14,2)3)19-17(21)23-12-13-8-6-5-7-9-13/h5-9,14-15H,4,10-12H2,1-3H3,(H,19,21). The SMILES string of the molecule is CCOC(=O)C(CC1CC1(C)C)NC(=O)OCc1ccccc1. The van der Waals surface area contributed by atoms with Gasteiger partial charge in [0.05, 0.1) is 6.61 Å². The molecule has 1 N–H and O–H groups in total. The normalized spacial score (nSPS) is 19.5. The van der Waals surface area contributed by atoms with Crippen LogP contribution in [0.2, 0.25) is 0 Å². The van der Waals surface area contributed by atoms with Crippen LogP contribution in [-0.2, 0) is 20.9 Å². The number of alkyl carbamates (subject to hydrolysis) is 1. The van der Waals surface area contributed by atoms with Gasteiger partial charge in [0.25, 0.3) is 0 Å². The van der Waals surface area contributed by atoms with Crippen molar-refractivity contribution in [2.24, 2.45) is 11.3 Å². The molecular weight excluding hydrogens is 294 g/mol. The molecule has 0 aromatic heterocycles. The number of amides is 1. The lowest BCUT2D eigenvalue weighted by molar-refractivity contribution is -0.145. The second kappa shape index (κ2) is 7.49. The summed E-state index contributed by atoms with van der Waals surface area (Å²) in [5, 5.41) is 2.65. The van der Waals surface area contributed by atoms with Crippen molar-refractivity contribution in [1.82, 2.24) is 5.32 Å². The molecule has 0 radical (unpaired) electrons. The van der Waals surface area contributed by atoms with Crippen molar-refractivity contribution in [1.29, 1.82) is 0 Å². The van der Waals surface area contributed by atoms with E-state index in [1.165, 1.54) is 0 Å². The molecule has 1 aliphatic rings. The van der Waals surface area contributed by atoms with E-state index >= 15 is 0 Å². The molecule has 1 saturated carbocycles. The van der Waals surface area contributed by atoms with Gasteiger partial charge < -0.3 is 14.8 Å². The Morgan fingerprint density at radius 1 is 1.26 bits per heavy atom. The summed E-state index contributed by atoms with van der Waals surface area (Å²) in [4.78, 5) is 24.0. The average Bonchev–Trinajstić information content (AvgIpc) is 3.12. The Balaban J connectivity index is 1.85. The van der Waals surface area contributed by atoms with Crippen molar-refractivity contribution in [3.8, 4) is 0 Å². The van der Waals surface area contributed by atoms with Gasteiger partial charge in [0.15, 0.2) is 0 Å². The first-order chi connectivity index (χ1) is 10.9. The Hall–Kier alpha value is -2.04. The van der Waals surface area contributed by atoms with Gasteiger partial charge in [-0.1, -0.05) is 44.2 Å². The summed E-state index contributed by atoms with van der Waals surface area (Å²) < 4.78 is 10.2. The summed E-state index contributed by atoms with van der Waals surface area (Å²) in [7, 11) is 0. The molecule has 5 nitrogen and oxygen atoms in total. The molecule has 5 heteroatoms. The number of carbonyl (C=O) groups excluding carboxylic acids is 2. The number of hydrogen-bond acceptors (Lipinski definition) is 4. The Morgan fingerprint density at radius 2 is 1.91 bits per heavy atom. The van der Waals surface area contributed by atoms with Crippen LogP contribution in [0.4, 0.5) is 4.79 Å². The topological polar surface area (TPSA) is 64.6 Å². The van der Waals surface area contributed by atoms with Gasteiger partial charge in [-0.05, 0) is 36.7 Å². The lowest BCUT2D eigenvalue weighted by Crippen LogP contribution is -2.42. The average molecular weight is 319 g/mol. The van der Waals surface area contributed by atoms with Crippen LogP contribution < -0.4 is 5.32 Å². The third-order valence-corrected chi connectivity index (χ3v) is 4.31. The number of rotatable bonds is 7. The van der Waals surface area contributed by atoms with Crippen LogP contribution in [0.1, 0.15) is 39.2 Å². The van der Waals surface area contributed by atoms with Crippen molar-refractivity contribution in [2.75, 3.05) is 6.61 Å². The second-order valence-electron chi connectivity index (χ2n) is 6.64. The fourth-order valence-electron chi connectivity index (χ4n) is 2.63. The van der Waals surface area contributed by atoms with Gasteiger partial charge in [-0.2, -0.15) is 0 Å². The van der Waals surface area contributed by atoms with E-state index in [9.17, 15) is 9.59 Å². The lowest BCUT2D eigenvalue weighted by atomic mass is 10.0. The molecule has 0 aliphatic heterocycles. The quantitative estimate of drug-likeness (QED) is 0.783. The molecule has 0 bridgehead atoms. The highest BCUT2D eigenvalue weighted by atomic mass is 16.6. The van der Waals surface area contributed by atoms with Crippen LogP contribution in [0.25, 0.3) is 0 Å². The zero-order chi connectivity index (χ0) is 16.9. The molecule has 0 spiro atoms. The van der Waals surface area contributed by atoms with E-state index in [1.807, 2.05) is 30.3 Å². The number of ether oxygens (including phenoxy) is 2. The smallest absolute Gasteiger partial charge is 0.408 e. The first kappa shape index (κ1) is 17.3. The van der Waals surface area contributed by atoms with Crippen LogP contribution >= 0.6 is 0 Å². The van der Waals surface area contributed by atoms with E-state index in [0.717, 1.165) is 12.0 Å². The summed E-state index contributed by atoms with van der Waals surface area (Å²) in [5.41, 5.74) is 1.14. The Morgan fingerprint density at radius 3 is 2.48 bits per heavy atom. The minimum atomic E-state index is -0.648. The fraction of sp³-hybridized carbons (Fsp3) is 0.556. The fourth-order valence-corrected chi connectivity index (χ4v) is 2.63. The maximum Gasteiger partial charge on any atom is 0.408 e. The first-order valence-corrected chi connectivity index (χ1v) is 8.06. The molecule has 0 heterocycles. The largest absolute Gasteiger partial charge is 0.464 e. The number of benzene rings is 1. The van der Waals surface area contributed by atoms with Gasteiger partial charge in [0.1, 0.15) is 12.6 Å². The van der Waals surface area contributed by atoms with Crippen LogP contribution in [0, 0.1) is 11.3 Å². The predicted octanol–water partition coefficient (Wildman–Crippen LogP) is 3.28. The minimum absolute atomic E-state index is 0.178. The summed E-state index contributed by atoms with van der Waals surface area (Å²) in [5.74, 6) is 0.0261. The monoisotopic (exact) mass is 319 g/mol. The molecular formula is C18H25NO4. The summed E-state index contributed by atoms with van der Waals surface area (Å²) in [6.07, 6.45) is 1.06. The zero-order valence-electron chi connectivity index (χ0n) is 14.0. The van der Waals surface area contributed by atoms with E-state index in [0.29, 0.717) is 18.9 Å². The molecule has 23 heavy (non-hydrogen) atoms. The highest BCUT2D eigenvalue weighted by Crippen LogP contribution is 2.54. The van der Waals surface area contributed by atoms with Gasteiger partial charge in [-0.3, -0.25) is 0 Å². The van der Waals surface area contributed by atoms with Crippen LogP contribution in [0.15, 0.2) is 30.3 Å². The third kappa shape index (κ3) is 5.27. The Kier molecular flexibility index (Phi) is 5.64. The maximum atomic E-state index is 12.0. The van der Waals surface area contributed by atoms with E-state index in [1.54, 1.807) is 6.92 Å². The van der Waals surface area contributed by atoms with Crippen LogP contribution in [0.3, 0.4) is 0 Å². The highest BCUT2D eigenvalue weighted by Gasteiger charge is 2.47. The minimum Gasteiger partial charge on any atom is -0.464 e. The number of carbonyl (C=O) groups is 2. The van der Waals surface area contributed by atoms with E-state index in [4.69, 9.17) is 9.47 Å². The molecule has 2 rings (SSSR count). The molecule has 0 saturated heterocycles. The molecule has 1 aromatic rings. The summed E-state index contributed by atoms with van der Waals surface area (Å²) in [6.45, 7) is 6.55. The van der Waals surface area contributed by atoms with E-state index < -0.39 is 18.1 Å². The van der Waals surface area contributed by atoms with Crippen LogP contribution in [-0.4, -0.2) is 24.7 Å². The second-order valence-corrected chi connectivity index (χ2v) is 6.64. The van der Waals surface area contributed by atoms with Gasteiger partial charge in [0, 0.05) is 0 Å². The van der Waals surface area contributed by atoms with E-state index in [2.05, 4.69) is 19.2 Å². The molecule has 2 atom stereocenters. The molecule has 1 amide bonds. The first-order valence-electron chi connectivity index (χ1n) is 8.06. The van der Waals surface area contributed by atoms with Gasteiger partial charge in [0.2, 0.25) is 0 Å². The van der Waals surface area contributed by atoms with Crippen LogP contribution in [0.5, 0.6) is 0 Å². The lowest BCUT2D eigenvalue weighted by Gasteiger charge is -2.18.